The van der Waals surface area contributed by atoms with Crippen molar-refractivity contribution in [3.63, 3.8) is 0 Å². The number of aryl methyl sites for hydroxylation is 1. The van der Waals surface area contributed by atoms with Crippen LogP contribution in [0.25, 0.3) is 0 Å². The normalized spacial score (nSPS) is 9.27. The highest BCUT2D eigenvalue weighted by Crippen LogP contribution is 2.01. The molecule has 3 heteroatoms. The van der Waals surface area contributed by atoms with Crippen LogP contribution >= 0.6 is 0 Å². The molecular formula is C8H8NO2. The zero-order chi connectivity index (χ0) is 8.27. The number of hydrogen-bond acceptors (Lipinski definition) is 3. The summed E-state index contributed by atoms with van der Waals surface area (Å²) in [6.45, 7) is 1.82. The van der Waals surface area contributed by atoms with Crippen molar-refractivity contribution in [2.24, 2.45) is 0 Å². The molecule has 0 unspecified atom stereocenters. The Morgan fingerprint density at radius 3 is 3.00 bits per heavy atom. The third-order valence-corrected chi connectivity index (χ3v) is 1.24. The highest BCUT2D eigenvalue weighted by atomic mass is 16.5. The standard InChI is InChI=1S/C8H8NO2/c1-6-3-7(5-9-4-6)8(10)11-2/h3,5H,1-2H3. The molecule has 0 N–H and O–H groups in total. The number of carbonyl (C=O) groups is 1. The van der Waals surface area contributed by atoms with Crippen molar-refractivity contribution < 1.29 is 9.53 Å². The van der Waals surface area contributed by atoms with Gasteiger partial charge in [-0.25, -0.2) is 4.79 Å². The minimum absolute atomic E-state index is 0.366. The largest absolute Gasteiger partial charge is 0.465 e. The van der Waals surface area contributed by atoms with E-state index in [9.17, 15) is 4.79 Å². The van der Waals surface area contributed by atoms with Crippen molar-refractivity contribution in [2.75, 3.05) is 7.11 Å². The van der Waals surface area contributed by atoms with Crippen LogP contribution in [0.1, 0.15) is 15.9 Å². The lowest BCUT2D eigenvalue weighted by molar-refractivity contribution is 0.0600. The van der Waals surface area contributed by atoms with E-state index in [4.69, 9.17) is 0 Å². The maximum Gasteiger partial charge on any atom is 0.339 e. The average molecular weight is 150 g/mol. The maximum atomic E-state index is 10.9. The summed E-state index contributed by atoms with van der Waals surface area (Å²) in [5, 5.41) is 0. The summed E-state index contributed by atoms with van der Waals surface area (Å²) < 4.78 is 4.50. The lowest BCUT2D eigenvalue weighted by Crippen LogP contribution is -2.01. The molecule has 11 heavy (non-hydrogen) atoms. The molecule has 0 saturated carbocycles. The molecule has 1 heterocycles. The van der Waals surface area contributed by atoms with Gasteiger partial charge in [-0.05, 0) is 18.6 Å². The first-order chi connectivity index (χ1) is 5.24. The van der Waals surface area contributed by atoms with E-state index in [1.807, 2.05) is 6.92 Å². The number of methoxy groups -OCH3 is 1. The van der Waals surface area contributed by atoms with Crippen molar-refractivity contribution >= 4 is 5.97 Å². The van der Waals surface area contributed by atoms with Crippen molar-refractivity contribution in [1.82, 2.24) is 4.98 Å². The lowest BCUT2D eigenvalue weighted by Gasteiger charge is -1.97. The van der Waals surface area contributed by atoms with Gasteiger partial charge in [0.2, 0.25) is 0 Å². The van der Waals surface area contributed by atoms with Gasteiger partial charge in [0.25, 0.3) is 0 Å². The average Bonchev–Trinajstić information content (AvgIpc) is 2.03. The second-order valence-electron chi connectivity index (χ2n) is 2.14. The highest BCUT2D eigenvalue weighted by molar-refractivity contribution is 5.88. The molecule has 57 valence electrons. The van der Waals surface area contributed by atoms with Gasteiger partial charge in [-0.1, -0.05) is 0 Å². The van der Waals surface area contributed by atoms with Gasteiger partial charge in [-0.3, -0.25) is 4.98 Å². The predicted molar refractivity (Wildman–Crippen MR) is 39.1 cm³/mol. The number of ether oxygens (including phenoxy) is 1. The Kier molecular flexibility index (Phi) is 2.21. The molecule has 1 radical (unpaired) electrons. The quantitative estimate of drug-likeness (QED) is 0.560. The van der Waals surface area contributed by atoms with Crippen LogP contribution in [-0.4, -0.2) is 18.1 Å². The number of aromatic nitrogens is 1. The van der Waals surface area contributed by atoms with Gasteiger partial charge in [0.15, 0.2) is 0 Å². The van der Waals surface area contributed by atoms with E-state index < -0.39 is 0 Å². The van der Waals surface area contributed by atoms with Crippen LogP contribution in [0.4, 0.5) is 0 Å². The molecule has 0 aromatic carbocycles. The third kappa shape index (κ3) is 1.77. The fourth-order valence-corrected chi connectivity index (χ4v) is 0.736. The summed E-state index contributed by atoms with van der Waals surface area (Å²) in [4.78, 5) is 14.6. The van der Waals surface area contributed by atoms with Crippen LogP contribution in [0.3, 0.4) is 0 Å². The van der Waals surface area contributed by atoms with Gasteiger partial charge in [0.05, 0.1) is 18.9 Å². The van der Waals surface area contributed by atoms with Gasteiger partial charge >= 0.3 is 5.97 Å². The summed E-state index contributed by atoms with van der Waals surface area (Å²) >= 11 is 0. The number of hydrogen-bond donors (Lipinski definition) is 0. The van der Waals surface area contributed by atoms with E-state index in [0.29, 0.717) is 5.56 Å². The van der Waals surface area contributed by atoms with Crippen molar-refractivity contribution in [2.45, 2.75) is 6.92 Å². The molecule has 0 fully saturated rings. The SMILES string of the molecule is COC(=O)c1cn[c]c(C)c1. The molecule has 0 atom stereocenters. The van der Waals surface area contributed by atoms with Crippen LogP contribution in [0.5, 0.6) is 0 Å². The molecule has 0 spiro atoms. The van der Waals surface area contributed by atoms with E-state index in [-0.39, 0.29) is 5.97 Å². The Labute approximate surface area is 65.0 Å². The zero-order valence-electron chi connectivity index (χ0n) is 6.42. The second kappa shape index (κ2) is 3.14. The Hall–Kier alpha value is -1.38. The molecule has 0 saturated heterocycles. The van der Waals surface area contributed by atoms with Crippen molar-refractivity contribution in [3.8, 4) is 0 Å². The van der Waals surface area contributed by atoms with E-state index >= 15 is 0 Å². The fraction of sp³-hybridized carbons (Fsp3) is 0.250. The first kappa shape index (κ1) is 7.72. The Morgan fingerprint density at radius 1 is 1.73 bits per heavy atom. The summed E-state index contributed by atoms with van der Waals surface area (Å²) in [5.74, 6) is -0.366. The van der Waals surface area contributed by atoms with Gasteiger partial charge in [0, 0.05) is 6.20 Å². The summed E-state index contributed by atoms with van der Waals surface area (Å²) in [5.41, 5.74) is 1.29. The molecular weight excluding hydrogens is 142 g/mol. The zero-order valence-corrected chi connectivity index (χ0v) is 6.42. The van der Waals surface area contributed by atoms with Gasteiger partial charge < -0.3 is 4.74 Å². The fourth-order valence-electron chi connectivity index (χ4n) is 0.736. The van der Waals surface area contributed by atoms with Crippen LogP contribution < -0.4 is 0 Å². The molecule has 0 aliphatic carbocycles. The van der Waals surface area contributed by atoms with E-state index in [1.54, 1.807) is 6.07 Å². The van der Waals surface area contributed by atoms with Crippen LogP contribution in [0.2, 0.25) is 0 Å². The van der Waals surface area contributed by atoms with E-state index in [2.05, 4.69) is 15.9 Å². The monoisotopic (exact) mass is 150 g/mol. The molecule has 0 aliphatic rings. The van der Waals surface area contributed by atoms with Crippen molar-refractivity contribution in [3.05, 3.63) is 29.6 Å². The first-order valence-electron chi connectivity index (χ1n) is 3.16. The maximum absolute atomic E-state index is 10.9. The Balaban J connectivity index is 2.96. The van der Waals surface area contributed by atoms with Crippen LogP contribution in [0, 0.1) is 13.1 Å². The smallest absolute Gasteiger partial charge is 0.339 e. The molecule has 1 aromatic heterocycles. The number of nitrogens with zero attached hydrogens (tertiary/aromatic N) is 1. The molecule has 0 bridgehead atoms. The molecule has 1 aromatic rings. The summed E-state index contributed by atoms with van der Waals surface area (Å²) in [7, 11) is 1.34. The van der Waals surface area contributed by atoms with Crippen molar-refractivity contribution in [1.29, 1.82) is 0 Å². The minimum Gasteiger partial charge on any atom is -0.465 e. The second-order valence-corrected chi connectivity index (χ2v) is 2.14. The van der Waals surface area contributed by atoms with Gasteiger partial charge in [-0.15, -0.1) is 0 Å². The molecule has 0 aliphatic heterocycles. The third-order valence-electron chi connectivity index (χ3n) is 1.24. The molecule has 0 amide bonds. The Bertz CT molecular complexity index is 271. The van der Waals surface area contributed by atoms with Crippen LogP contribution in [-0.2, 0) is 4.74 Å². The lowest BCUT2D eigenvalue weighted by atomic mass is 10.2. The van der Waals surface area contributed by atoms with Gasteiger partial charge in [-0.2, -0.15) is 0 Å². The Morgan fingerprint density at radius 2 is 2.45 bits per heavy atom. The highest BCUT2D eigenvalue weighted by Gasteiger charge is 2.03. The van der Waals surface area contributed by atoms with Gasteiger partial charge in [0.1, 0.15) is 0 Å². The number of esters is 1. The number of pyridine rings is 1. The first-order valence-corrected chi connectivity index (χ1v) is 3.16. The summed E-state index contributed by atoms with van der Waals surface area (Å²) in [6.07, 6.45) is 4.12. The predicted octanol–water partition coefficient (Wildman–Crippen LogP) is 0.977. The molecule has 1 rings (SSSR count). The van der Waals surface area contributed by atoms with Crippen LogP contribution in [0.15, 0.2) is 12.3 Å². The summed E-state index contributed by atoms with van der Waals surface area (Å²) in [6, 6.07) is 1.68. The number of rotatable bonds is 1. The van der Waals surface area contributed by atoms with E-state index in [1.165, 1.54) is 13.3 Å². The minimum atomic E-state index is -0.366. The van der Waals surface area contributed by atoms with E-state index in [0.717, 1.165) is 5.56 Å². The molecule has 3 nitrogen and oxygen atoms in total. The topological polar surface area (TPSA) is 39.2 Å². The number of carbonyl (C=O) groups excluding carboxylic acids is 1.